The van der Waals surface area contributed by atoms with E-state index in [1.54, 1.807) is 12.1 Å². The average Bonchev–Trinajstić information content (AvgIpc) is 2.14. The maximum atomic E-state index is 12.0. The van der Waals surface area contributed by atoms with Gasteiger partial charge in [0.25, 0.3) is 0 Å². The number of terminal acetylenes is 1. The molecule has 4 heteroatoms. The Morgan fingerprint density at radius 2 is 1.93 bits per heavy atom. The summed E-state index contributed by atoms with van der Waals surface area (Å²) < 4.78 is 39.8. The van der Waals surface area contributed by atoms with Gasteiger partial charge in [0.1, 0.15) is 5.75 Å². The highest BCUT2D eigenvalue weighted by Gasteiger charge is 2.31. The van der Waals surface area contributed by atoms with Gasteiger partial charge < -0.3 is 4.74 Å². The molecule has 1 aromatic carbocycles. The van der Waals surface area contributed by atoms with Crippen LogP contribution in [0.2, 0.25) is 0 Å². The van der Waals surface area contributed by atoms with Gasteiger partial charge >= 0.3 is 6.36 Å². The zero-order valence-electron chi connectivity index (χ0n) is 7.84. The largest absolute Gasteiger partial charge is 0.573 e. The number of halogens is 3. The quantitative estimate of drug-likeness (QED) is 0.702. The van der Waals surface area contributed by atoms with Gasteiger partial charge in [-0.15, -0.1) is 25.5 Å². The molecule has 0 unspecified atom stereocenters. The molecule has 0 radical (unpaired) electrons. The summed E-state index contributed by atoms with van der Waals surface area (Å²) >= 11 is 0. The number of hydrogen-bond donors (Lipinski definition) is 0. The lowest BCUT2D eigenvalue weighted by Gasteiger charge is -2.12. The van der Waals surface area contributed by atoms with Crippen molar-refractivity contribution in [1.82, 2.24) is 0 Å². The minimum atomic E-state index is -4.66. The molecule has 0 N–H and O–H groups in total. The Morgan fingerprint density at radius 1 is 1.27 bits per heavy atom. The monoisotopic (exact) mass is 214 g/mol. The SMILES string of the molecule is C#CCCc1ccccc1OC(F)(F)F. The van der Waals surface area contributed by atoms with Crippen molar-refractivity contribution in [2.24, 2.45) is 0 Å². The van der Waals surface area contributed by atoms with Crippen LogP contribution in [0.5, 0.6) is 5.75 Å². The topological polar surface area (TPSA) is 9.23 Å². The number of ether oxygens (including phenoxy) is 1. The smallest absolute Gasteiger partial charge is 0.406 e. The minimum absolute atomic E-state index is 0.180. The summed E-state index contributed by atoms with van der Waals surface area (Å²) in [7, 11) is 0. The first-order valence-electron chi connectivity index (χ1n) is 4.30. The zero-order valence-corrected chi connectivity index (χ0v) is 7.84. The van der Waals surface area contributed by atoms with Gasteiger partial charge in [-0.05, 0) is 18.1 Å². The standard InChI is InChI=1S/C11H9F3O/c1-2-3-6-9-7-4-5-8-10(9)15-11(12,13)14/h1,4-5,7-8H,3,6H2. The van der Waals surface area contributed by atoms with Crippen molar-refractivity contribution in [3.05, 3.63) is 29.8 Å². The molecule has 1 rings (SSSR count). The van der Waals surface area contributed by atoms with Crippen molar-refractivity contribution in [3.8, 4) is 18.1 Å². The van der Waals surface area contributed by atoms with Crippen LogP contribution in [0.1, 0.15) is 12.0 Å². The molecule has 1 nitrogen and oxygen atoms in total. The molecule has 0 aliphatic heterocycles. The molecule has 80 valence electrons. The molecule has 15 heavy (non-hydrogen) atoms. The second-order valence-corrected chi connectivity index (χ2v) is 2.86. The van der Waals surface area contributed by atoms with Crippen LogP contribution in [0.25, 0.3) is 0 Å². The van der Waals surface area contributed by atoms with E-state index < -0.39 is 6.36 Å². The predicted octanol–water partition coefficient (Wildman–Crippen LogP) is 3.15. The Kier molecular flexibility index (Phi) is 3.62. The molecule has 0 atom stereocenters. The fourth-order valence-corrected chi connectivity index (χ4v) is 1.14. The fraction of sp³-hybridized carbons (Fsp3) is 0.273. The van der Waals surface area contributed by atoms with Gasteiger partial charge in [-0.2, -0.15) is 0 Å². The first-order valence-corrected chi connectivity index (χ1v) is 4.30. The van der Waals surface area contributed by atoms with Crippen LogP contribution < -0.4 is 4.74 Å². The number of alkyl halides is 3. The number of para-hydroxylation sites is 1. The summed E-state index contributed by atoms with van der Waals surface area (Å²) in [5, 5.41) is 0. The van der Waals surface area contributed by atoms with E-state index in [1.165, 1.54) is 12.1 Å². The van der Waals surface area contributed by atoms with Crippen LogP contribution >= 0.6 is 0 Å². The predicted molar refractivity (Wildman–Crippen MR) is 50.3 cm³/mol. The van der Waals surface area contributed by atoms with E-state index >= 15 is 0 Å². The molecular formula is C11H9F3O. The van der Waals surface area contributed by atoms with Crippen molar-refractivity contribution in [3.63, 3.8) is 0 Å². The third kappa shape index (κ3) is 3.94. The molecule has 0 aromatic heterocycles. The van der Waals surface area contributed by atoms with Crippen LogP contribution in [0.15, 0.2) is 24.3 Å². The lowest BCUT2D eigenvalue weighted by Crippen LogP contribution is -2.18. The fourth-order valence-electron chi connectivity index (χ4n) is 1.14. The molecule has 0 fully saturated rings. The molecule has 0 amide bonds. The van der Waals surface area contributed by atoms with E-state index in [1.807, 2.05) is 0 Å². The number of aryl methyl sites for hydroxylation is 1. The maximum absolute atomic E-state index is 12.0. The highest BCUT2D eigenvalue weighted by molar-refractivity contribution is 5.33. The second-order valence-electron chi connectivity index (χ2n) is 2.86. The summed E-state index contributed by atoms with van der Waals surface area (Å²) in [6.45, 7) is 0. The van der Waals surface area contributed by atoms with Gasteiger partial charge in [0.05, 0.1) is 0 Å². The Labute approximate surface area is 85.9 Å². The van der Waals surface area contributed by atoms with Crippen LogP contribution in [0, 0.1) is 12.3 Å². The van der Waals surface area contributed by atoms with Crippen LogP contribution in [0.4, 0.5) is 13.2 Å². The molecule has 0 spiro atoms. The van der Waals surface area contributed by atoms with Crippen molar-refractivity contribution in [2.75, 3.05) is 0 Å². The number of benzene rings is 1. The summed E-state index contributed by atoms with van der Waals surface area (Å²) in [5.74, 6) is 2.19. The molecule has 0 bridgehead atoms. The van der Waals surface area contributed by atoms with Gasteiger partial charge in [0.2, 0.25) is 0 Å². The Morgan fingerprint density at radius 3 is 2.53 bits per heavy atom. The van der Waals surface area contributed by atoms with Gasteiger partial charge in [-0.3, -0.25) is 0 Å². The zero-order chi connectivity index (χ0) is 11.3. The highest BCUT2D eigenvalue weighted by atomic mass is 19.4. The van der Waals surface area contributed by atoms with E-state index in [0.29, 0.717) is 18.4 Å². The van der Waals surface area contributed by atoms with E-state index in [9.17, 15) is 13.2 Å². The van der Waals surface area contributed by atoms with Gasteiger partial charge in [-0.25, -0.2) is 0 Å². The van der Waals surface area contributed by atoms with E-state index in [2.05, 4.69) is 10.7 Å². The lowest BCUT2D eigenvalue weighted by molar-refractivity contribution is -0.274. The van der Waals surface area contributed by atoms with E-state index in [-0.39, 0.29) is 5.75 Å². The van der Waals surface area contributed by atoms with Crippen LogP contribution in [0.3, 0.4) is 0 Å². The van der Waals surface area contributed by atoms with E-state index in [0.717, 1.165) is 0 Å². The minimum Gasteiger partial charge on any atom is -0.406 e. The second kappa shape index (κ2) is 4.74. The highest BCUT2D eigenvalue weighted by Crippen LogP contribution is 2.26. The average molecular weight is 214 g/mol. The van der Waals surface area contributed by atoms with E-state index in [4.69, 9.17) is 6.42 Å². The Hall–Kier alpha value is -1.63. The molecule has 0 heterocycles. The van der Waals surface area contributed by atoms with Crippen molar-refractivity contribution in [1.29, 1.82) is 0 Å². The maximum Gasteiger partial charge on any atom is 0.573 e. The first kappa shape index (κ1) is 11.4. The first-order chi connectivity index (χ1) is 7.03. The molecule has 0 aliphatic rings. The Balaban J connectivity index is 2.82. The normalized spacial score (nSPS) is 10.8. The molecule has 0 saturated heterocycles. The summed E-state index contributed by atoms with van der Waals surface area (Å²) in [6.07, 6.45) is 1.15. The van der Waals surface area contributed by atoms with Crippen molar-refractivity contribution in [2.45, 2.75) is 19.2 Å². The third-order valence-electron chi connectivity index (χ3n) is 1.74. The molecular weight excluding hydrogens is 205 g/mol. The number of hydrogen-bond acceptors (Lipinski definition) is 1. The summed E-state index contributed by atoms with van der Waals surface area (Å²) in [5.41, 5.74) is 0.466. The number of rotatable bonds is 3. The lowest BCUT2D eigenvalue weighted by atomic mass is 10.1. The summed E-state index contributed by atoms with van der Waals surface area (Å²) in [6, 6.07) is 5.98. The van der Waals surface area contributed by atoms with Crippen LogP contribution in [-0.2, 0) is 6.42 Å². The molecule has 0 saturated carbocycles. The summed E-state index contributed by atoms with van der Waals surface area (Å²) in [4.78, 5) is 0. The molecule has 0 aliphatic carbocycles. The molecule has 1 aromatic rings. The van der Waals surface area contributed by atoms with Gasteiger partial charge in [0.15, 0.2) is 0 Å². The third-order valence-corrected chi connectivity index (χ3v) is 1.74. The van der Waals surface area contributed by atoms with Gasteiger partial charge in [0, 0.05) is 6.42 Å². The van der Waals surface area contributed by atoms with Crippen LogP contribution in [-0.4, -0.2) is 6.36 Å². The van der Waals surface area contributed by atoms with Crippen molar-refractivity contribution < 1.29 is 17.9 Å². The van der Waals surface area contributed by atoms with Gasteiger partial charge in [-0.1, -0.05) is 18.2 Å². The van der Waals surface area contributed by atoms with Crippen molar-refractivity contribution >= 4 is 0 Å². The Bertz CT molecular complexity index is 363.